The van der Waals surface area contributed by atoms with Gasteiger partial charge in [0.25, 0.3) is 5.91 Å². The second-order valence-electron chi connectivity index (χ2n) is 5.59. The van der Waals surface area contributed by atoms with Crippen molar-refractivity contribution in [3.8, 4) is 5.75 Å². The summed E-state index contributed by atoms with van der Waals surface area (Å²) in [6.07, 6.45) is 0. The predicted octanol–water partition coefficient (Wildman–Crippen LogP) is 5.08. The Morgan fingerprint density at radius 3 is 2.42 bits per heavy atom. The van der Waals surface area contributed by atoms with Gasteiger partial charge in [0.1, 0.15) is 5.75 Å². The van der Waals surface area contributed by atoms with Gasteiger partial charge in [-0.3, -0.25) is 14.7 Å². The molecule has 2 aromatic rings. The van der Waals surface area contributed by atoms with Gasteiger partial charge >= 0.3 is 6.61 Å². The third-order valence-electron chi connectivity index (χ3n) is 3.59. The highest BCUT2D eigenvalue weighted by molar-refractivity contribution is 8.14. The Labute approximate surface area is 158 Å². The van der Waals surface area contributed by atoms with Gasteiger partial charge in [0.15, 0.2) is 5.17 Å². The molecular formula is C18H15ClF2N2O2S. The summed E-state index contributed by atoms with van der Waals surface area (Å²) in [5, 5.41) is 1.15. The van der Waals surface area contributed by atoms with E-state index in [-0.39, 0.29) is 17.7 Å². The van der Waals surface area contributed by atoms with Crippen molar-refractivity contribution in [3.05, 3.63) is 59.1 Å². The number of rotatable bonds is 4. The first kappa shape index (κ1) is 18.7. The zero-order chi connectivity index (χ0) is 18.7. The summed E-state index contributed by atoms with van der Waals surface area (Å²) in [6.45, 7) is -0.936. The number of carbonyl (C=O) groups excluding carboxylic acids is 1. The van der Waals surface area contributed by atoms with Gasteiger partial charge in [0.05, 0.1) is 11.7 Å². The minimum atomic E-state index is -2.91. The Morgan fingerprint density at radius 2 is 1.88 bits per heavy atom. The number of ether oxygens (including phenoxy) is 1. The van der Waals surface area contributed by atoms with Gasteiger partial charge in [-0.25, -0.2) is 0 Å². The number of thioether (sulfide) groups is 1. The highest BCUT2D eigenvalue weighted by Crippen LogP contribution is 2.28. The van der Waals surface area contributed by atoms with Crippen molar-refractivity contribution in [2.75, 3.05) is 10.7 Å². The lowest BCUT2D eigenvalue weighted by molar-refractivity contribution is -0.0498. The van der Waals surface area contributed by atoms with Crippen molar-refractivity contribution in [2.24, 2.45) is 4.99 Å². The molecule has 8 heteroatoms. The molecule has 136 valence electrons. The van der Waals surface area contributed by atoms with Crippen LogP contribution < -0.4 is 9.64 Å². The number of anilines is 1. The Hall–Kier alpha value is -2.12. The number of carbonyl (C=O) groups is 1. The predicted molar refractivity (Wildman–Crippen MR) is 101 cm³/mol. The number of hydrogen-bond acceptors (Lipinski definition) is 4. The molecule has 1 amide bonds. The van der Waals surface area contributed by atoms with Crippen LogP contribution in [-0.2, 0) is 0 Å². The van der Waals surface area contributed by atoms with Gasteiger partial charge < -0.3 is 4.74 Å². The number of hydrogen-bond donors (Lipinski definition) is 0. The number of benzene rings is 2. The highest BCUT2D eigenvalue weighted by Gasteiger charge is 2.27. The van der Waals surface area contributed by atoms with E-state index < -0.39 is 6.61 Å². The van der Waals surface area contributed by atoms with E-state index in [1.165, 1.54) is 40.9 Å². The van der Waals surface area contributed by atoms with E-state index >= 15 is 0 Å². The molecule has 1 atom stereocenters. The Bertz CT molecular complexity index is 813. The molecular weight excluding hydrogens is 382 g/mol. The molecule has 2 aromatic carbocycles. The monoisotopic (exact) mass is 396 g/mol. The largest absolute Gasteiger partial charge is 0.435 e. The van der Waals surface area contributed by atoms with Gasteiger partial charge in [-0.15, -0.1) is 0 Å². The van der Waals surface area contributed by atoms with Crippen molar-refractivity contribution in [1.29, 1.82) is 0 Å². The van der Waals surface area contributed by atoms with Crippen LogP contribution in [0.1, 0.15) is 17.3 Å². The Kier molecular flexibility index (Phi) is 5.78. The van der Waals surface area contributed by atoms with E-state index in [9.17, 15) is 13.6 Å². The molecule has 0 saturated carbocycles. The number of halogens is 3. The van der Waals surface area contributed by atoms with Gasteiger partial charge in [-0.2, -0.15) is 8.78 Å². The number of nitrogens with zero attached hydrogens (tertiary/aromatic N) is 2. The first-order valence-electron chi connectivity index (χ1n) is 7.79. The van der Waals surface area contributed by atoms with Crippen molar-refractivity contribution >= 4 is 40.1 Å². The molecule has 4 nitrogen and oxygen atoms in total. The second-order valence-corrected chi connectivity index (χ2v) is 7.02. The molecule has 3 rings (SSSR count). The number of amidine groups is 1. The highest BCUT2D eigenvalue weighted by atomic mass is 35.5. The lowest BCUT2D eigenvalue weighted by Gasteiger charge is -2.22. The van der Waals surface area contributed by atoms with Crippen LogP contribution in [0.25, 0.3) is 0 Å². The number of amides is 1. The van der Waals surface area contributed by atoms with E-state index in [0.717, 1.165) is 5.75 Å². The first-order chi connectivity index (χ1) is 12.4. The molecule has 26 heavy (non-hydrogen) atoms. The molecule has 0 saturated heterocycles. The lowest BCUT2D eigenvalue weighted by Crippen LogP contribution is -2.34. The minimum Gasteiger partial charge on any atom is -0.435 e. The van der Waals surface area contributed by atoms with Gasteiger partial charge in [0, 0.05) is 16.3 Å². The molecule has 1 aliphatic heterocycles. The summed E-state index contributed by atoms with van der Waals surface area (Å²) in [5.41, 5.74) is 0.970. The van der Waals surface area contributed by atoms with Gasteiger partial charge in [-0.05, 0) is 55.5 Å². The van der Waals surface area contributed by atoms with Crippen molar-refractivity contribution < 1.29 is 18.3 Å². The summed E-state index contributed by atoms with van der Waals surface area (Å²) in [5.74, 6) is 0.473. The summed E-state index contributed by atoms with van der Waals surface area (Å²) in [7, 11) is 0. The SMILES string of the molecule is C[C@H]1CSC(N(C(=O)c2ccc(OC(F)F)cc2)c2ccc(Cl)cc2)=N1. The van der Waals surface area contributed by atoms with E-state index in [1.807, 2.05) is 6.92 Å². The minimum absolute atomic E-state index is 0.00389. The van der Waals surface area contributed by atoms with Crippen molar-refractivity contribution in [1.82, 2.24) is 0 Å². The smallest absolute Gasteiger partial charge is 0.387 e. The standard InChI is InChI=1S/C18H15ClF2N2O2S/c1-11-10-26-18(22-11)23(14-6-4-13(19)5-7-14)16(24)12-2-8-15(9-3-12)25-17(20)21/h2-9,11,17H,10H2,1H3/t11-/m0/s1. The van der Waals surface area contributed by atoms with Crippen LogP contribution in [-0.4, -0.2) is 29.5 Å². The Morgan fingerprint density at radius 1 is 1.23 bits per heavy atom. The van der Waals surface area contributed by atoms with Crippen LogP contribution >= 0.6 is 23.4 Å². The normalized spacial score (nSPS) is 16.5. The summed E-state index contributed by atoms with van der Waals surface area (Å²) >= 11 is 7.43. The maximum absolute atomic E-state index is 13.1. The molecule has 1 aliphatic rings. The molecule has 0 spiro atoms. The van der Waals surface area contributed by atoms with Gasteiger partial charge in [-0.1, -0.05) is 23.4 Å². The molecule has 0 radical (unpaired) electrons. The van der Waals surface area contributed by atoms with E-state index in [0.29, 0.717) is 21.4 Å². The maximum atomic E-state index is 13.1. The third kappa shape index (κ3) is 4.34. The van der Waals surface area contributed by atoms with E-state index in [4.69, 9.17) is 11.6 Å². The van der Waals surface area contributed by atoms with Crippen molar-refractivity contribution in [2.45, 2.75) is 19.6 Å². The maximum Gasteiger partial charge on any atom is 0.387 e. The van der Waals surface area contributed by atoms with E-state index in [1.54, 1.807) is 24.3 Å². The van der Waals surface area contributed by atoms with Gasteiger partial charge in [0.2, 0.25) is 0 Å². The molecule has 0 aromatic heterocycles. The summed E-state index contributed by atoms with van der Waals surface area (Å²) < 4.78 is 28.9. The van der Waals surface area contributed by atoms with Crippen LogP contribution in [0.4, 0.5) is 14.5 Å². The average Bonchev–Trinajstić information content (AvgIpc) is 3.03. The summed E-state index contributed by atoms with van der Waals surface area (Å²) in [4.78, 5) is 19.1. The van der Waals surface area contributed by atoms with E-state index in [2.05, 4.69) is 9.73 Å². The molecule has 0 bridgehead atoms. The number of alkyl halides is 2. The first-order valence-corrected chi connectivity index (χ1v) is 9.16. The van der Waals surface area contributed by atoms with Crippen LogP contribution in [0.15, 0.2) is 53.5 Å². The van der Waals surface area contributed by atoms with Crippen molar-refractivity contribution in [3.63, 3.8) is 0 Å². The molecule has 1 heterocycles. The van der Waals surface area contributed by atoms with Crippen LogP contribution in [0.2, 0.25) is 5.02 Å². The second kappa shape index (κ2) is 8.05. The van der Waals surface area contributed by atoms with Crippen LogP contribution in [0.3, 0.4) is 0 Å². The quantitative estimate of drug-likeness (QED) is 0.723. The fourth-order valence-corrected chi connectivity index (χ4v) is 3.56. The lowest BCUT2D eigenvalue weighted by atomic mass is 10.2. The average molecular weight is 397 g/mol. The third-order valence-corrected chi connectivity index (χ3v) is 5.04. The topological polar surface area (TPSA) is 41.9 Å². The Balaban J connectivity index is 1.92. The van der Waals surface area contributed by atoms with Crippen LogP contribution in [0.5, 0.6) is 5.75 Å². The zero-order valence-corrected chi connectivity index (χ0v) is 15.3. The fraction of sp³-hybridized carbons (Fsp3) is 0.222. The molecule has 0 aliphatic carbocycles. The molecule has 0 unspecified atom stereocenters. The zero-order valence-electron chi connectivity index (χ0n) is 13.7. The fourth-order valence-electron chi connectivity index (χ4n) is 2.39. The number of aliphatic imine (C=N–C) groups is 1. The molecule has 0 fully saturated rings. The summed E-state index contributed by atoms with van der Waals surface area (Å²) in [6, 6.07) is 12.6. The molecule has 0 N–H and O–H groups in total. The van der Waals surface area contributed by atoms with Crippen LogP contribution in [0, 0.1) is 0 Å².